The molecule has 0 aliphatic heterocycles. The molecule has 0 aromatic carbocycles. The van der Waals surface area contributed by atoms with Crippen LogP contribution in [-0.4, -0.2) is 5.16 Å². The van der Waals surface area contributed by atoms with Crippen LogP contribution in [-0.2, 0) is 6.18 Å². The largest absolute Gasteiger partial charge is 0.436 e. The van der Waals surface area contributed by atoms with Crippen LogP contribution in [0, 0.1) is 18.8 Å². The summed E-state index contributed by atoms with van der Waals surface area (Å²) in [7, 11) is 0. The SMILES string of the molecule is C#C[CH]c1cc(C(F)(F)F)no1. The van der Waals surface area contributed by atoms with Crippen molar-refractivity contribution in [2.24, 2.45) is 0 Å². The predicted molar refractivity (Wildman–Crippen MR) is 33.7 cm³/mol. The first-order valence-corrected chi connectivity index (χ1v) is 2.87. The molecule has 1 heterocycles. The van der Waals surface area contributed by atoms with Gasteiger partial charge in [-0.1, -0.05) is 11.1 Å². The third-order valence-electron chi connectivity index (χ3n) is 1.04. The highest BCUT2D eigenvalue weighted by atomic mass is 19.4. The van der Waals surface area contributed by atoms with Gasteiger partial charge in [0.25, 0.3) is 0 Å². The number of halogens is 3. The Balaban J connectivity index is 2.86. The molecule has 0 aliphatic carbocycles. The minimum Gasteiger partial charge on any atom is -0.359 e. The van der Waals surface area contributed by atoms with Gasteiger partial charge in [0.1, 0.15) is 6.42 Å². The molecule has 0 bridgehead atoms. The lowest BCUT2D eigenvalue weighted by Gasteiger charge is -1.97. The number of alkyl halides is 3. The standard InChI is InChI=1S/C7H3F3NO/c1-2-3-5-4-6(11-12-5)7(8,9)10/h1,3-4H. The van der Waals surface area contributed by atoms with E-state index in [-0.39, 0.29) is 5.76 Å². The van der Waals surface area contributed by atoms with E-state index in [1.165, 1.54) is 0 Å². The molecule has 0 spiro atoms. The summed E-state index contributed by atoms with van der Waals surface area (Å²) in [6.45, 7) is 0. The van der Waals surface area contributed by atoms with Crippen LogP contribution in [0.1, 0.15) is 11.5 Å². The van der Waals surface area contributed by atoms with Crippen molar-refractivity contribution < 1.29 is 17.7 Å². The summed E-state index contributed by atoms with van der Waals surface area (Å²) in [6.07, 6.45) is 1.38. The number of nitrogens with zero attached hydrogens (tertiary/aromatic N) is 1. The molecule has 0 fully saturated rings. The van der Waals surface area contributed by atoms with Crippen molar-refractivity contribution in [3.05, 3.63) is 23.9 Å². The Bertz CT molecular complexity index is 307. The van der Waals surface area contributed by atoms with Crippen molar-refractivity contribution >= 4 is 0 Å². The van der Waals surface area contributed by atoms with E-state index in [4.69, 9.17) is 6.42 Å². The Kier molecular flexibility index (Phi) is 2.09. The van der Waals surface area contributed by atoms with E-state index in [1.807, 2.05) is 5.92 Å². The third-order valence-corrected chi connectivity index (χ3v) is 1.04. The zero-order valence-electron chi connectivity index (χ0n) is 5.72. The minimum absolute atomic E-state index is 0.0789. The van der Waals surface area contributed by atoms with Gasteiger partial charge in [0.15, 0.2) is 11.5 Å². The Hall–Kier alpha value is -1.44. The third kappa shape index (κ3) is 1.78. The first-order valence-electron chi connectivity index (χ1n) is 2.87. The summed E-state index contributed by atoms with van der Waals surface area (Å²) < 4.78 is 39.8. The van der Waals surface area contributed by atoms with E-state index in [2.05, 4.69) is 9.68 Å². The van der Waals surface area contributed by atoms with Crippen LogP contribution in [0.15, 0.2) is 10.6 Å². The fraction of sp³-hybridized carbons (Fsp3) is 0.143. The van der Waals surface area contributed by atoms with Gasteiger partial charge in [0.2, 0.25) is 0 Å². The maximum absolute atomic E-state index is 11.9. The van der Waals surface area contributed by atoms with Gasteiger partial charge in [0, 0.05) is 6.07 Å². The lowest BCUT2D eigenvalue weighted by atomic mass is 10.3. The average Bonchev–Trinajstić information content (AvgIpc) is 2.35. The summed E-state index contributed by atoms with van der Waals surface area (Å²) in [4.78, 5) is 0. The number of hydrogen-bond acceptors (Lipinski definition) is 2. The summed E-state index contributed by atoms with van der Waals surface area (Å²) in [5.74, 6) is 1.94. The van der Waals surface area contributed by atoms with E-state index in [1.54, 1.807) is 0 Å². The van der Waals surface area contributed by atoms with E-state index >= 15 is 0 Å². The van der Waals surface area contributed by atoms with Crippen LogP contribution in [0.5, 0.6) is 0 Å². The molecule has 1 rings (SSSR count). The van der Waals surface area contributed by atoms with Gasteiger partial charge in [-0.3, -0.25) is 0 Å². The normalized spacial score (nSPS) is 11.2. The molecule has 0 N–H and O–H groups in total. The van der Waals surface area contributed by atoms with Crippen LogP contribution in [0.3, 0.4) is 0 Å². The average molecular weight is 174 g/mol. The number of terminal acetylenes is 1. The Labute approximate surface area is 66.4 Å². The van der Waals surface area contributed by atoms with Crippen LogP contribution >= 0.6 is 0 Å². The van der Waals surface area contributed by atoms with Crippen molar-refractivity contribution in [1.29, 1.82) is 0 Å². The molecule has 0 saturated heterocycles. The van der Waals surface area contributed by atoms with Crippen LogP contribution in [0.25, 0.3) is 0 Å². The highest BCUT2D eigenvalue weighted by Crippen LogP contribution is 2.28. The predicted octanol–water partition coefficient (Wildman–Crippen LogP) is 1.88. The van der Waals surface area contributed by atoms with E-state index < -0.39 is 11.9 Å². The molecule has 1 aromatic rings. The second kappa shape index (κ2) is 2.89. The van der Waals surface area contributed by atoms with Crippen molar-refractivity contribution in [1.82, 2.24) is 5.16 Å². The molecule has 1 aromatic heterocycles. The number of rotatable bonds is 1. The van der Waals surface area contributed by atoms with E-state index in [9.17, 15) is 13.2 Å². The van der Waals surface area contributed by atoms with Crippen molar-refractivity contribution in [3.8, 4) is 12.3 Å². The quantitative estimate of drug-likeness (QED) is 0.607. The van der Waals surface area contributed by atoms with Gasteiger partial charge < -0.3 is 4.52 Å². The molecule has 1 radical (unpaired) electrons. The molecule has 2 nitrogen and oxygen atoms in total. The summed E-state index contributed by atoms with van der Waals surface area (Å²) in [5, 5.41) is 2.78. The minimum atomic E-state index is -4.48. The highest BCUT2D eigenvalue weighted by Gasteiger charge is 2.34. The molecule has 12 heavy (non-hydrogen) atoms. The Morgan fingerprint density at radius 1 is 1.58 bits per heavy atom. The van der Waals surface area contributed by atoms with Crippen LogP contribution in [0.2, 0.25) is 0 Å². The zero-order valence-corrected chi connectivity index (χ0v) is 5.72. The second-order valence-corrected chi connectivity index (χ2v) is 1.92. The topological polar surface area (TPSA) is 26.0 Å². The fourth-order valence-corrected chi connectivity index (χ4v) is 0.573. The smallest absolute Gasteiger partial charge is 0.359 e. The van der Waals surface area contributed by atoms with Gasteiger partial charge in [-0.2, -0.15) is 13.2 Å². The van der Waals surface area contributed by atoms with Crippen molar-refractivity contribution in [3.63, 3.8) is 0 Å². The summed E-state index contributed by atoms with van der Waals surface area (Å²) in [6, 6.07) is 0.736. The number of aromatic nitrogens is 1. The lowest BCUT2D eigenvalue weighted by Crippen LogP contribution is -2.04. The highest BCUT2D eigenvalue weighted by molar-refractivity contribution is 5.23. The molecular formula is C7H3F3NO. The Morgan fingerprint density at radius 2 is 2.25 bits per heavy atom. The Morgan fingerprint density at radius 3 is 2.67 bits per heavy atom. The molecular weight excluding hydrogens is 171 g/mol. The lowest BCUT2D eigenvalue weighted by molar-refractivity contribution is -0.142. The first kappa shape index (κ1) is 8.65. The second-order valence-electron chi connectivity index (χ2n) is 1.92. The van der Waals surface area contributed by atoms with Crippen LogP contribution < -0.4 is 0 Å². The van der Waals surface area contributed by atoms with E-state index in [0.717, 1.165) is 12.5 Å². The fourth-order valence-electron chi connectivity index (χ4n) is 0.573. The zero-order chi connectivity index (χ0) is 9.19. The summed E-state index contributed by atoms with van der Waals surface area (Å²) in [5.41, 5.74) is -1.08. The van der Waals surface area contributed by atoms with Crippen molar-refractivity contribution in [2.45, 2.75) is 6.18 Å². The van der Waals surface area contributed by atoms with Gasteiger partial charge in [-0.15, -0.1) is 6.42 Å². The first-order chi connectivity index (χ1) is 5.54. The molecule has 5 heteroatoms. The molecule has 0 atom stereocenters. The maximum Gasteiger partial charge on any atom is 0.436 e. The molecule has 63 valence electrons. The molecule has 0 amide bonds. The number of hydrogen-bond donors (Lipinski definition) is 0. The van der Waals surface area contributed by atoms with E-state index in [0.29, 0.717) is 0 Å². The molecule has 0 saturated carbocycles. The molecule has 0 unspecified atom stereocenters. The van der Waals surface area contributed by atoms with Gasteiger partial charge >= 0.3 is 6.18 Å². The maximum atomic E-state index is 11.9. The van der Waals surface area contributed by atoms with Gasteiger partial charge in [0.05, 0.1) is 0 Å². The summed E-state index contributed by atoms with van der Waals surface area (Å²) >= 11 is 0. The van der Waals surface area contributed by atoms with Gasteiger partial charge in [-0.25, -0.2) is 0 Å². The molecule has 0 aliphatic rings. The van der Waals surface area contributed by atoms with Crippen molar-refractivity contribution in [2.75, 3.05) is 0 Å². The monoisotopic (exact) mass is 174 g/mol. The van der Waals surface area contributed by atoms with Crippen LogP contribution in [0.4, 0.5) is 13.2 Å². The van der Waals surface area contributed by atoms with Gasteiger partial charge in [-0.05, 0) is 0 Å².